The van der Waals surface area contributed by atoms with Crippen LogP contribution in [0.25, 0.3) is 33.2 Å². The summed E-state index contributed by atoms with van der Waals surface area (Å²) >= 11 is 16.1. The van der Waals surface area contributed by atoms with Crippen LogP contribution in [-0.2, 0) is 20.0 Å². The van der Waals surface area contributed by atoms with Crippen LogP contribution >= 0.6 is 58.9 Å². The molecule has 2 fully saturated rings. The molecule has 0 radical (unpaired) electrons. The molecule has 0 amide bonds. The Labute approximate surface area is 425 Å². The highest BCUT2D eigenvalue weighted by Gasteiger charge is 2.33. The van der Waals surface area contributed by atoms with Crippen molar-refractivity contribution in [2.75, 3.05) is 23.7 Å². The van der Waals surface area contributed by atoms with Gasteiger partial charge in [-0.1, -0.05) is 46.4 Å². The molecule has 2 unspecified atom stereocenters. The predicted octanol–water partition coefficient (Wildman–Crippen LogP) is 8.26. The van der Waals surface area contributed by atoms with Crippen molar-refractivity contribution < 1.29 is 45.4 Å². The number of aromatic nitrogens is 4. The highest BCUT2D eigenvalue weighted by molar-refractivity contribution is 9.10. The molecule has 18 nitrogen and oxygen atoms in total. The molecule has 10 rings (SSSR count). The van der Waals surface area contributed by atoms with Crippen LogP contribution in [0.1, 0.15) is 37.2 Å². The number of rotatable bonds is 12. The van der Waals surface area contributed by atoms with Gasteiger partial charge < -0.3 is 28.6 Å². The Morgan fingerprint density at radius 2 is 1.11 bits per heavy atom. The number of hydrogen-bond donors (Lipinski definition) is 4. The second kappa shape index (κ2) is 22.4. The molecule has 8 aromatic rings. The molecule has 2 atom stereocenters. The molecule has 4 aromatic heterocycles. The highest BCUT2D eigenvalue weighted by atomic mass is 79.9. The van der Waals surface area contributed by atoms with Crippen LogP contribution in [0.4, 0.5) is 11.6 Å². The number of benzene rings is 4. The minimum atomic E-state index is -3.90. The molecule has 2 aliphatic rings. The summed E-state index contributed by atoms with van der Waals surface area (Å²) in [6.45, 7) is 0. The Hall–Kier alpha value is -5.28. The molecule has 2 aliphatic carbocycles. The zero-order valence-corrected chi connectivity index (χ0v) is 44.6. The fraction of sp³-hybridized carbons (Fsp3) is 0.182. The molecule has 70 heavy (non-hydrogen) atoms. The van der Waals surface area contributed by atoms with Gasteiger partial charge in [-0.15, -0.1) is 0 Å². The third-order valence-electron chi connectivity index (χ3n) is 10.8. The van der Waals surface area contributed by atoms with Gasteiger partial charge in [-0.05, 0) is 119 Å². The number of ether oxygens (including phenoxy) is 2. The zero-order chi connectivity index (χ0) is 48.5. The summed E-state index contributed by atoms with van der Waals surface area (Å²) < 4.78 is 79.2. The van der Waals surface area contributed by atoms with Crippen molar-refractivity contribution in [2.45, 2.75) is 47.2 Å². The lowest BCUT2D eigenvalue weighted by atomic mass is 9.84. The lowest BCUT2D eigenvalue weighted by Gasteiger charge is -2.17. The molecule has 26 heteroatoms. The van der Waals surface area contributed by atoms with E-state index in [1.807, 2.05) is 6.07 Å². The number of methoxy groups -OCH3 is 2. The summed E-state index contributed by atoms with van der Waals surface area (Å²) in [4.78, 5) is 25.6. The van der Waals surface area contributed by atoms with Crippen LogP contribution in [0.2, 0.25) is 15.9 Å². The minimum Gasteiger partial charge on any atom is -0.495 e. The first kappa shape index (κ1) is 54.1. The van der Waals surface area contributed by atoms with Crippen LogP contribution in [0, 0.1) is 0 Å². The van der Waals surface area contributed by atoms with Gasteiger partial charge in [0.05, 0.1) is 51.4 Å². The molecular formula is C44H44BBrCl2N6O12P2S2. The third-order valence-corrected chi connectivity index (χ3v) is 15.0. The Morgan fingerprint density at radius 3 is 1.50 bits per heavy atom. The highest BCUT2D eigenvalue weighted by Crippen LogP contribution is 2.46. The van der Waals surface area contributed by atoms with Gasteiger partial charge in [0.1, 0.15) is 24.0 Å². The van der Waals surface area contributed by atoms with Crippen molar-refractivity contribution >= 4 is 120 Å². The zero-order valence-electron chi connectivity index (χ0n) is 37.1. The van der Waals surface area contributed by atoms with E-state index in [0.29, 0.717) is 65.1 Å². The van der Waals surface area contributed by atoms with Gasteiger partial charge in [0, 0.05) is 44.5 Å². The first-order valence-corrected chi connectivity index (χ1v) is 24.9. The van der Waals surface area contributed by atoms with E-state index >= 15 is 0 Å². The van der Waals surface area contributed by atoms with E-state index in [2.05, 4.69) is 44.7 Å². The summed E-state index contributed by atoms with van der Waals surface area (Å²) in [7, 11) is -5.81. The summed E-state index contributed by atoms with van der Waals surface area (Å²) in [5, 5.41) is 25.7. The van der Waals surface area contributed by atoms with E-state index in [4.69, 9.17) is 42.7 Å². The number of halogens is 3. The summed E-state index contributed by atoms with van der Waals surface area (Å²) in [5.74, 6) is 1.71. The maximum absolute atomic E-state index is 12.9. The summed E-state index contributed by atoms with van der Waals surface area (Å²) in [6.07, 6.45) is 6.68. The van der Waals surface area contributed by atoms with Gasteiger partial charge in [-0.3, -0.25) is 28.2 Å². The van der Waals surface area contributed by atoms with Crippen molar-refractivity contribution in [3.8, 4) is 22.9 Å². The first-order chi connectivity index (χ1) is 32.5. The minimum absolute atomic E-state index is 0. The fourth-order valence-corrected chi connectivity index (χ4v) is 9.91. The molecular weight excluding hydrogens is 1090 g/mol. The number of fused-ring (bicyclic) bond motifs is 2. The van der Waals surface area contributed by atoms with Crippen LogP contribution in [-0.4, -0.2) is 67.7 Å². The molecule has 0 bridgehead atoms. The Balaban J connectivity index is 0.000000200. The quantitative estimate of drug-likeness (QED) is 0.0665. The van der Waals surface area contributed by atoms with Gasteiger partial charge in [0.25, 0.3) is 31.2 Å². The second-order valence-electron chi connectivity index (χ2n) is 15.4. The number of sulfonamides is 2. The van der Waals surface area contributed by atoms with Crippen molar-refractivity contribution in [1.29, 1.82) is 0 Å². The van der Waals surface area contributed by atoms with Gasteiger partial charge in [0.15, 0.2) is 11.6 Å². The third kappa shape index (κ3) is 12.1. The maximum Gasteiger partial charge on any atom is 0.454 e. The van der Waals surface area contributed by atoms with Crippen molar-refractivity contribution in [1.82, 2.24) is 19.4 Å². The lowest BCUT2D eigenvalue weighted by molar-refractivity contribution is 0.403. The second-order valence-corrected chi connectivity index (χ2v) is 20.5. The Bertz CT molecular complexity index is 3530. The number of anilines is 2. The van der Waals surface area contributed by atoms with Crippen LogP contribution < -0.4 is 30.0 Å². The topological polar surface area (TPSA) is 247 Å². The molecule has 0 spiro atoms. The van der Waals surface area contributed by atoms with E-state index in [0.717, 1.165) is 31.2 Å². The average molecular weight is 1140 g/mol. The van der Waals surface area contributed by atoms with E-state index in [1.54, 1.807) is 49.6 Å². The molecule has 0 saturated heterocycles. The van der Waals surface area contributed by atoms with E-state index in [1.165, 1.54) is 77.3 Å². The molecule has 4 N–H and O–H groups in total. The normalized spacial score (nSPS) is 13.1. The number of hydrogen-bond acceptors (Lipinski definition) is 14. The molecule has 4 heterocycles. The van der Waals surface area contributed by atoms with E-state index < -0.39 is 27.2 Å². The summed E-state index contributed by atoms with van der Waals surface area (Å²) in [6, 6.07) is 24.4. The molecule has 4 aromatic carbocycles. The number of pyridine rings is 2. The molecule has 368 valence electrons. The number of nitrogens with one attached hydrogen (secondary N) is 2. The number of nitrogens with zero attached hydrogens (tertiary/aromatic N) is 4. The standard InChI is InChI=1S/C22H18ClN3O5S.C19H13BrClN3O5S.C3H7BO2.2H3P/c1-30-20-11-16(13-2-3-13)17(23)12-19(20)26-18-6-5-15(10-14(18)4-7-22(26)27)32(28,29)25-21-8-9-31-24-21;1-28-17-9-13(20)14(21)10-16(17)24-15-4-3-12(8-11(15)2-5-19(24)25)30(26,27)23-18-6-7-29-22-18;5-4(6)3-1-2-3;;/h4-13H,2-3H2,1H3,(H,24,25);2-10H,1H3,(H,22,23);3,5-6H,1-2H2;2*1H3. The first-order valence-electron chi connectivity index (χ1n) is 20.4. The van der Waals surface area contributed by atoms with Gasteiger partial charge >= 0.3 is 7.12 Å². The smallest absolute Gasteiger partial charge is 0.454 e. The van der Waals surface area contributed by atoms with E-state index in [-0.39, 0.29) is 58.2 Å². The predicted molar refractivity (Wildman–Crippen MR) is 282 cm³/mol. The van der Waals surface area contributed by atoms with Crippen LogP contribution in [0.3, 0.4) is 0 Å². The monoisotopic (exact) mass is 1130 g/mol. The van der Waals surface area contributed by atoms with Crippen LogP contribution in [0.5, 0.6) is 11.5 Å². The van der Waals surface area contributed by atoms with Gasteiger partial charge in [-0.25, -0.2) is 16.8 Å². The maximum atomic E-state index is 12.9. The van der Waals surface area contributed by atoms with Gasteiger partial charge in [0.2, 0.25) is 0 Å². The summed E-state index contributed by atoms with van der Waals surface area (Å²) in [5.41, 5.74) is 2.32. The molecule has 0 aliphatic heterocycles. The van der Waals surface area contributed by atoms with Crippen molar-refractivity contribution in [3.63, 3.8) is 0 Å². The van der Waals surface area contributed by atoms with Gasteiger partial charge in [-0.2, -0.15) is 19.8 Å². The Kier molecular flexibility index (Phi) is 17.3. The lowest BCUT2D eigenvalue weighted by Crippen LogP contribution is -2.19. The largest absolute Gasteiger partial charge is 0.495 e. The van der Waals surface area contributed by atoms with E-state index in [9.17, 15) is 26.4 Å². The van der Waals surface area contributed by atoms with Crippen LogP contribution in [0.15, 0.2) is 142 Å². The Morgan fingerprint density at radius 1 is 0.657 bits per heavy atom. The fourth-order valence-electron chi connectivity index (χ4n) is 7.06. The SMILES string of the molecule is COc1cc(Br)c(Cl)cc1-n1c(=O)ccc2cc(S(=O)(=O)Nc3ccon3)ccc21.COc1cc(C2CC2)c(Cl)cc1-n1c(=O)ccc2cc(S(=O)(=O)Nc3ccon3)ccc21.OB(O)C1CC1.P.P. The van der Waals surface area contributed by atoms with Crippen molar-refractivity contribution in [3.05, 3.63) is 150 Å². The average Bonchev–Trinajstić information content (AvgIpc) is 4.24. The van der Waals surface area contributed by atoms with Crippen molar-refractivity contribution in [2.24, 2.45) is 0 Å². The molecule has 2 saturated carbocycles.